The predicted octanol–water partition coefficient (Wildman–Crippen LogP) is 4.21. The molecule has 1 aliphatic carbocycles. The van der Waals surface area contributed by atoms with Crippen molar-refractivity contribution in [3.8, 4) is 6.07 Å². The van der Waals surface area contributed by atoms with Crippen LogP contribution in [0.2, 0.25) is 18.1 Å². The van der Waals surface area contributed by atoms with E-state index in [0.717, 1.165) is 0 Å². The van der Waals surface area contributed by atoms with Crippen LogP contribution in [0, 0.1) is 23.2 Å². The number of imidazole rings is 1. The lowest BCUT2D eigenvalue weighted by Gasteiger charge is -2.41. The molecule has 10 atom stereocenters. The summed E-state index contributed by atoms with van der Waals surface area (Å²) < 4.78 is 66.4. The summed E-state index contributed by atoms with van der Waals surface area (Å²) in [6.45, 7) is 8.22. The number of alkyl halides is 1. The average Bonchev–Trinajstić information content (AvgIpc) is 3.80. The van der Waals surface area contributed by atoms with Crippen LogP contribution >= 0.6 is 15.0 Å². The third kappa shape index (κ3) is 10.7. The van der Waals surface area contributed by atoms with E-state index in [1.54, 1.807) is 13.8 Å². The quantitative estimate of drug-likeness (QED) is 0.0680. The van der Waals surface area contributed by atoms with Crippen molar-refractivity contribution in [1.29, 1.82) is 5.26 Å². The molecule has 0 radical (unpaired) electrons. The molecule has 4 heterocycles. The van der Waals surface area contributed by atoms with Gasteiger partial charge in [0.1, 0.15) is 30.5 Å². The number of aromatic nitrogens is 6. The molecule has 1 saturated carbocycles. The number of carbonyl (C=O) groups is 1. The number of nitriles is 1. The van der Waals surface area contributed by atoms with Crippen LogP contribution in [0.3, 0.4) is 0 Å². The van der Waals surface area contributed by atoms with E-state index in [4.69, 9.17) is 39.1 Å². The van der Waals surface area contributed by atoms with Gasteiger partial charge in [0.25, 0.3) is 5.56 Å². The van der Waals surface area contributed by atoms with Gasteiger partial charge in [-0.25, -0.2) is 19.3 Å². The van der Waals surface area contributed by atoms with Gasteiger partial charge in [-0.2, -0.15) is 10.2 Å². The zero-order valence-corrected chi connectivity index (χ0v) is 36.6. The van der Waals surface area contributed by atoms with Crippen LogP contribution in [0.15, 0.2) is 29.7 Å². The molecule has 0 spiro atoms. The highest BCUT2D eigenvalue weighted by Gasteiger charge is 2.55. The minimum atomic E-state index is -4.02. The summed E-state index contributed by atoms with van der Waals surface area (Å²) in [4.78, 5) is 54.5. The van der Waals surface area contributed by atoms with Crippen molar-refractivity contribution in [2.75, 3.05) is 30.5 Å². The number of ether oxygens (including phenoxy) is 1. The summed E-state index contributed by atoms with van der Waals surface area (Å²) in [6, 6.07) is 2.60. The van der Waals surface area contributed by atoms with Gasteiger partial charge in [-0.05, 0) is 42.4 Å². The molecule has 318 valence electrons. The standard InChI is InChI=1S/C33H48FN9O11P2SSi/c1-18(2)29(45)41-32-40-28-24(30(46)42-32)38-17-43(28)31-27(26(21(14-44)51-31)54-58(6,7)33(3,4)5)53-56(57,49-12-8-10-35)50-15-19-13-20(23(34)25(19)52-55(47)48)39-22-9-11-36-16-37-22/h9,11,16-21,23,25-27,31,44H,8,12-15H2,1-7H3,(H3-,36,37,39,40,41,42,45,46,47,48)/p+1/t19-,20-,21-,23-,25-,26-,27-,31-,56?/m1/s1. The van der Waals surface area contributed by atoms with Gasteiger partial charge in [-0.15, -0.1) is 9.42 Å². The Morgan fingerprint density at radius 1 is 1.28 bits per heavy atom. The molecular formula is C33H49FN9O11P2SSi+. The van der Waals surface area contributed by atoms with Gasteiger partial charge in [0, 0.05) is 22.6 Å². The Bertz CT molecular complexity index is 2070. The molecule has 1 amide bonds. The number of carbonyl (C=O) groups excluding carboxylic acids is 1. The summed E-state index contributed by atoms with van der Waals surface area (Å²) in [5, 5.41) is 25.3. The maximum absolute atomic E-state index is 15.9. The molecule has 2 fully saturated rings. The van der Waals surface area contributed by atoms with Gasteiger partial charge in [0.05, 0.1) is 44.7 Å². The highest BCUT2D eigenvalue weighted by molar-refractivity contribution is 8.07. The van der Waals surface area contributed by atoms with E-state index < -0.39 is 96.1 Å². The average molecular weight is 889 g/mol. The van der Waals surface area contributed by atoms with Crippen LogP contribution in [-0.4, -0.2) is 110 Å². The third-order valence-corrected chi connectivity index (χ3v) is 17.4. The minimum Gasteiger partial charge on any atom is -0.408 e. The fraction of sp³-hybridized carbons (Fsp3) is 0.667. The number of H-pyrrole nitrogens is 1. The molecule has 5 rings (SSSR count). The third-order valence-electron chi connectivity index (χ3n) is 10.2. The molecule has 58 heavy (non-hydrogen) atoms. The van der Waals surface area contributed by atoms with Crippen LogP contribution in [0.25, 0.3) is 11.2 Å². The molecular weight excluding hydrogens is 840 g/mol. The number of aromatic amines is 1. The van der Waals surface area contributed by atoms with Crippen molar-refractivity contribution < 1.29 is 51.0 Å². The SMILES string of the molecule is CC(C)C(=O)Nc1nc2c(ncn2[C@@H]2O[C@H](CO)[C@@H](O[Si](C)(C)C(C)(C)C)[C@H]2OP(=S)(OCCC#N)OC[C@H]2C[C@@H](Nc3ccncn3)[C@@H](F)[C@@H]2O[P+](=O)O)c(=O)[nH]1. The second-order valence-corrected chi connectivity index (χ2v) is 24.0. The second-order valence-electron chi connectivity index (χ2n) is 15.6. The number of hydrogen-bond donors (Lipinski definition) is 5. The van der Waals surface area contributed by atoms with Crippen LogP contribution < -0.4 is 16.2 Å². The van der Waals surface area contributed by atoms with Gasteiger partial charge < -0.3 is 28.6 Å². The lowest BCUT2D eigenvalue weighted by molar-refractivity contribution is -0.118. The molecule has 2 aliphatic rings. The van der Waals surface area contributed by atoms with Gasteiger partial charge in [-0.1, -0.05) is 34.6 Å². The highest BCUT2D eigenvalue weighted by Crippen LogP contribution is 2.56. The summed E-state index contributed by atoms with van der Waals surface area (Å²) in [5.41, 5.74) is -0.762. The summed E-state index contributed by atoms with van der Waals surface area (Å²) in [6.07, 6.45) is -3.79. The van der Waals surface area contributed by atoms with Crippen molar-refractivity contribution in [1.82, 2.24) is 29.5 Å². The number of rotatable bonds is 18. The topological polar surface area (TPSA) is 267 Å². The number of aliphatic hydroxyl groups excluding tert-OH is 1. The molecule has 25 heteroatoms. The molecule has 5 N–H and O–H groups in total. The molecule has 0 aromatic carbocycles. The highest BCUT2D eigenvalue weighted by atomic mass is 32.5. The van der Waals surface area contributed by atoms with E-state index in [1.807, 2.05) is 39.9 Å². The van der Waals surface area contributed by atoms with Crippen LogP contribution in [0.5, 0.6) is 0 Å². The number of hydrogen-bond acceptors (Lipinski definition) is 17. The first-order chi connectivity index (χ1) is 27.3. The number of nitrogens with zero attached hydrogens (tertiary/aromatic N) is 6. The van der Waals surface area contributed by atoms with Crippen molar-refractivity contribution in [3.05, 3.63) is 35.3 Å². The maximum Gasteiger partial charge on any atom is 0.695 e. The van der Waals surface area contributed by atoms with E-state index in [2.05, 4.69) is 35.6 Å². The van der Waals surface area contributed by atoms with E-state index >= 15 is 4.39 Å². The molecule has 1 aliphatic heterocycles. The monoisotopic (exact) mass is 888 g/mol. The Morgan fingerprint density at radius 2 is 2.02 bits per heavy atom. The number of halogens is 1. The van der Waals surface area contributed by atoms with Crippen LogP contribution in [0.4, 0.5) is 16.2 Å². The lowest BCUT2D eigenvalue weighted by atomic mass is 10.1. The van der Waals surface area contributed by atoms with Gasteiger partial charge >= 0.3 is 15.0 Å². The minimum absolute atomic E-state index is 0.00836. The summed E-state index contributed by atoms with van der Waals surface area (Å²) >= 11 is 5.97. The van der Waals surface area contributed by atoms with Crippen molar-refractivity contribution in [3.63, 3.8) is 0 Å². The Balaban J connectivity index is 1.53. The Morgan fingerprint density at radius 3 is 2.64 bits per heavy atom. The number of anilines is 2. The predicted molar refractivity (Wildman–Crippen MR) is 213 cm³/mol. The number of amides is 1. The number of fused-ring (bicyclic) bond motifs is 1. The van der Waals surface area contributed by atoms with E-state index in [-0.39, 0.29) is 48.2 Å². The molecule has 3 aromatic rings. The fourth-order valence-electron chi connectivity index (χ4n) is 6.12. The Hall–Kier alpha value is -3.23. The molecule has 2 unspecified atom stereocenters. The van der Waals surface area contributed by atoms with Crippen LogP contribution in [-0.2, 0) is 48.4 Å². The maximum atomic E-state index is 15.9. The van der Waals surface area contributed by atoms with Crippen molar-refractivity contribution >= 4 is 63.9 Å². The van der Waals surface area contributed by atoms with E-state index in [9.17, 15) is 29.4 Å². The zero-order valence-electron chi connectivity index (χ0n) is 33.0. The van der Waals surface area contributed by atoms with E-state index in [0.29, 0.717) is 5.82 Å². The van der Waals surface area contributed by atoms with E-state index in [1.165, 1.54) is 29.5 Å². The molecule has 3 aromatic heterocycles. The fourth-order valence-corrected chi connectivity index (χ4v) is 10.0. The largest absolute Gasteiger partial charge is 0.695 e. The van der Waals surface area contributed by atoms with Crippen molar-refractivity contribution in [2.45, 2.75) is 108 Å². The molecule has 20 nitrogen and oxygen atoms in total. The second kappa shape index (κ2) is 19.0. The first kappa shape index (κ1) is 45.8. The Labute approximate surface area is 340 Å². The molecule has 1 saturated heterocycles. The zero-order chi connectivity index (χ0) is 42.6. The van der Waals surface area contributed by atoms with Gasteiger partial charge in [0.15, 0.2) is 38.0 Å². The first-order valence-corrected chi connectivity index (χ1v) is 25.0. The van der Waals surface area contributed by atoms with Crippen LogP contribution in [0.1, 0.15) is 53.7 Å². The normalized spacial score (nSPS) is 26.4. The van der Waals surface area contributed by atoms with Gasteiger partial charge in [-0.3, -0.25) is 29.0 Å². The molecule has 0 bridgehead atoms. The number of aliphatic hydroxyl groups is 1. The summed E-state index contributed by atoms with van der Waals surface area (Å²) in [7, 11) is -5.92. The van der Waals surface area contributed by atoms with Crippen molar-refractivity contribution in [2.24, 2.45) is 11.8 Å². The summed E-state index contributed by atoms with van der Waals surface area (Å²) in [5.74, 6) is -1.52. The van der Waals surface area contributed by atoms with Gasteiger partial charge in [0.2, 0.25) is 11.9 Å². The Kier molecular flexibility index (Phi) is 15.0. The number of nitrogens with one attached hydrogen (secondary N) is 3. The lowest BCUT2D eigenvalue weighted by Crippen LogP contribution is -2.50. The smallest absolute Gasteiger partial charge is 0.408 e. The first-order valence-electron chi connectivity index (χ1n) is 18.4.